The molecule has 7 nitrogen and oxygen atoms in total. The average Bonchev–Trinajstić information content (AvgIpc) is 2.44. The van der Waals surface area contributed by atoms with Gasteiger partial charge in [-0.3, -0.25) is 4.18 Å². The van der Waals surface area contributed by atoms with Gasteiger partial charge in [0.1, 0.15) is 11.7 Å². The van der Waals surface area contributed by atoms with Crippen LogP contribution in [0, 0.1) is 0 Å². The van der Waals surface area contributed by atoms with Crippen LogP contribution in [0.2, 0.25) is 0 Å². The molecule has 0 fully saturated rings. The number of nitrogens with one attached hydrogen (secondary N) is 1. The first kappa shape index (κ1) is 21.4. The summed E-state index contributed by atoms with van der Waals surface area (Å²) in [5.41, 5.74) is 0.247. The van der Waals surface area contributed by atoms with E-state index in [0.29, 0.717) is 6.42 Å². The molecule has 2 atom stereocenters. The van der Waals surface area contributed by atoms with E-state index in [1.165, 1.54) is 7.11 Å². The van der Waals surface area contributed by atoms with Gasteiger partial charge in [0.05, 0.1) is 18.9 Å². The van der Waals surface area contributed by atoms with E-state index >= 15 is 0 Å². The van der Waals surface area contributed by atoms with Gasteiger partial charge < -0.3 is 14.8 Å². The van der Waals surface area contributed by atoms with E-state index in [1.807, 2.05) is 30.3 Å². The van der Waals surface area contributed by atoms with Gasteiger partial charge in [0.15, 0.2) is 0 Å². The van der Waals surface area contributed by atoms with Gasteiger partial charge in [-0.15, -0.1) is 0 Å². The van der Waals surface area contributed by atoms with Crippen LogP contribution in [0.1, 0.15) is 26.3 Å². The van der Waals surface area contributed by atoms with Crippen LogP contribution < -0.4 is 5.32 Å². The molecule has 0 aliphatic heterocycles. The molecule has 0 radical (unpaired) electrons. The zero-order chi connectivity index (χ0) is 19.1. The molecule has 0 aliphatic carbocycles. The smallest absolute Gasteiger partial charge is 0.407 e. The fourth-order valence-electron chi connectivity index (χ4n) is 2.20. The van der Waals surface area contributed by atoms with Gasteiger partial charge in [0, 0.05) is 7.11 Å². The van der Waals surface area contributed by atoms with Gasteiger partial charge in [-0.25, -0.2) is 4.79 Å². The summed E-state index contributed by atoms with van der Waals surface area (Å²) in [5, 5.41) is 2.70. The molecule has 0 aliphatic rings. The molecule has 142 valence electrons. The molecule has 0 heterocycles. The summed E-state index contributed by atoms with van der Waals surface area (Å²) >= 11 is 0. The minimum absolute atomic E-state index is 0.000365. The van der Waals surface area contributed by atoms with Crippen molar-refractivity contribution in [1.29, 1.82) is 0 Å². The van der Waals surface area contributed by atoms with E-state index in [1.54, 1.807) is 20.8 Å². The minimum Gasteiger partial charge on any atom is -0.444 e. The van der Waals surface area contributed by atoms with Crippen LogP contribution in [0.25, 0.3) is 0 Å². The van der Waals surface area contributed by atoms with Crippen LogP contribution in [-0.2, 0) is 30.2 Å². The highest BCUT2D eigenvalue weighted by Crippen LogP contribution is 2.13. The van der Waals surface area contributed by atoms with Crippen molar-refractivity contribution >= 4 is 16.2 Å². The Morgan fingerprint density at radius 1 is 1.20 bits per heavy atom. The van der Waals surface area contributed by atoms with Crippen molar-refractivity contribution in [3.05, 3.63) is 35.9 Å². The Labute approximate surface area is 149 Å². The number of hydrogen-bond donors (Lipinski definition) is 1. The summed E-state index contributed by atoms with van der Waals surface area (Å²) in [6, 6.07) is 8.72. The van der Waals surface area contributed by atoms with E-state index in [9.17, 15) is 13.2 Å². The zero-order valence-corrected chi connectivity index (χ0v) is 16.1. The molecule has 1 aromatic carbocycles. The molecule has 25 heavy (non-hydrogen) atoms. The van der Waals surface area contributed by atoms with Crippen molar-refractivity contribution in [2.24, 2.45) is 0 Å². The van der Waals surface area contributed by atoms with E-state index in [4.69, 9.17) is 13.7 Å². The number of rotatable bonds is 8. The number of ether oxygens (including phenoxy) is 2. The van der Waals surface area contributed by atoms with Crippen molar-refractivity contribution < 1.29 is 26.9 Å². The van der Waals surface area contributed by atoms with Crippen LogP contribution in [-0.4, -0.2) is 52.2 Å². The predicted molar refractivity (Wildman–Crippen MR) is 94.9 cm³/mol. The van der Waals surface area contributed by atoms with Gasteiger partial charge in [-0.2, -0.15) is 8.42 Å². The van der Waals surface area contributed by atoms with E-state index in [2.05, 4.69) is 5.32 Å². The molecule has 1 aromatic rings. The number of amides is 1. The quantitative estimate of drug-likeness (QED) is 0.702. The maximum Gasteiger partial charge on any atom is 0.407 e. The number of carbonyl (C=O) groups is 1. The zero-order valence-electron chi connectivity index (χ0n) is 15.3. The van der Waals surface area contributed by atoms with Gasteiger partial charge in [-0.1, -0.05) is 30.3 Å². The first-order valence-electron chi connectivity index (χ1n) is 7.91. The van der Waals surface area contributed by atoms with Crippen molar-refractivity contribution in [1.82, 2.24) is 5.32 Å². The maximum atomic E-state index is 12.2. The highest BCUT2D eigenvalue weighted by Gasteiger charge is 2.29. The number of alkyl carbamates (subject to hydrolysis) is 1. The summed E-state index contributed by atoms with van der Waals surface area (Å²) in [6.07, 6.45) is -0.203. The van der Waals surface area contributed by atoms with Crippen molar-refractivity contribution in [3.63, 3.8) is 0 Å². The highest BCUT2D eigenvalue weighted by atomic mass is 32.2. The molecule has 0 saturated carbocycles. The van der Waals surface area contributed by atoms with Crippen LogP contribution in [0.4, 0.5) is 4.79 Å². The summed E-state index contributed by atoms with van der Waals surface area (Å²) in [7, 11) is -2.29. The average molecular weight is 373 g/mol. The Morgan fingerprint density at radius 2 is 1.80 bits per heavy atom. The van der Waals surface area contributed by atoms with Crippen molar-refractivity contribution in [2.45, 2.75) is 44.9 Å². The van der Waals surface area contributed by atoms with Crippen LogP contribution in [0.3, 0.4) is 0 Å². The second kappa shape index (κ2) is 9.17. The van der Waals surface area contributed by atoms with Gasteiger partial charge >= 0.3 is 6.09 Å². The molecule has 0 saturated heterocycles. The molecule has 0 bridgehead atoms. The fraction of sp³-hybridized carbons (Fsp3) is 0.588. The monoisotopic (exact) mass is 373 g/mol. The molecule has 1 amide bonds. The first-order chi connectivity index (χ1) is 11.5. The maximum absolute atomic E-state index is 12.2. The summed E-state index contributed by atoms with van der Waals surface area (Å²) in [4.78, 5) is 12.2. The third kappa shape index (κ3) is 9.42. The van der Waals surface area contributed by atoms with E-state index in [0.717, 1.165) is 11.8 Å². The molecule has 8 heteroatoms. The third-order valence-corrected chi connectivity index (χ3v) is 3.68. The predicted octanol–water partition coefficient (Wildman–Crippen LogP) is 2.11. The lowest BCUT2D eigenvalue weighted by Gasteiger charge is -2.28. The Bertz CT molecular complexity index is 639. The lowest BCUT2D eigenvalue weighted by atomic mass is 10.0. The fourth-order valence-corrected chi connectivity index (χ4v) is 2.84. The van der Waals surface area contributed by atoms with E-state index < -0.39 is 34.0 Å². The van der Waals surface area contributed by atoms with Gasteiger partial charge in [0.2, 0.25) is 0 Å². The Hall–Kier alpha value is -1.64. The minimum atomic E-state index is -3.73. The lowest BCUT2D eigenvalue weighted by Crippen LogP contribution is -2.49. The lowest BCUT2D eigenvalue weighted by molar-refractivity contribution is 0.0329. The normalized spacial score (nSPS) is 14.6. The second-order valence-electron chi connectivity index (χ2n) is 6.74. The molecular weight excluding hydrogens is 346 g/mol. The van der Waals surface area contributed by atoms with Crippen LogP contribution in [0.15, 0.2) is 30.3 Å². The first-order valence-corrected chi connectivity index (χ1v) is 9.72. The molecule has 0 aromatic heterocycles. The molecule has 0 unspecified atom stereocenters. The van der Waals surface area contributed by atoms with E-state index in [-0.39, 0.29) is 6.61 Å². The van der Waals surface area contributed by atoms with Gasteiger partial charge in [0.25, 0.3) is 10.1 Å². The van der Waals surface area contributed by atoms with Crippen molar-refractivity contribution in [2.75, 3.05) is 20.0 Å². The number of carbonyl (C=O) groups excluding carboxylic acids is 1. The highest BCUT2D eigenvalue weighted by molar-refractivity contribution is 7.86. The van der Waals surface area contributed by atoms with Crippen LogP contribution >= 0.6 is 0 Å². The summed E-state index contributed by atoms with van der Waals surface area (Å²) in [5.74, 6) is 0. The molecule has 1 N–H and O–H groups in total. The van der Waals surface area contributed by atoms with Crippen LogP contribution in [0.5, 0.6) is 0 Å². The molecular formula is C17H27NO6S. The summed E-state index contributed by atoms with van der Waals surface area (Å²) in [6.45, 7) is 5.25. The Kier molecular flexibility index (Phi) is 7.85. The Balaban J connectivity index is 3.00. The largest absolute Gasteiger partial charge is 0.444 e. The molecule has 0 spiro atoms. The number of methoxy groups -OCH3 is 1. The standard InChI is InChI=1S/C17H27NO6S/c1-17(2,3)23-16(19)18-14(11-13-9-7-6-8-10-13)15(12-22-4)24-25(5,20)21/h6-10,14-15H,11-12H2,1-5H3,(H,18,19)/t14-,15-/m0/s1. The number of hydrogen-bond acceptors (Lipinski definition) is 6. The summed E-state index contributed by atoms with van der Waals surface area (Å²) < 4.78 is 38.6. The topological polar surface area (TPSA) is 90.9 Å². The Morgan fingerprint density at radius 3 is 2.28 bits per heavy atom. The molecule has 1 rings (SSSR count). The van der Waals surface area contributed by atoms with Gasteiger partial charge in [-0.05, 0) is 32.8 Å². The second-order valence-corrected chi connectivity index (χ2v) is 8.34. The third-order valence-electron chi connectivity index (χ3n) is 3.08. The number of benzene rings is 1. The van der Waals surface area contributed by atoms with Crippen molar-refractivity contribution in [3.8, 4) is 0 Å². The SMILES string of the molecule is COC[C@H](OS(C)(=O)=O)[C@H](Cc1ccccc1)NC(=O)OC(C)(C)C.